The Morgan fingerprint density at radius 3 is 2.69 bits per heavy atom. The third-order valence-corrected chi connectivity index (χ3v) is 6.24. The normalized spacial score (nSPS) is 28.2. The molecular weight excluding hydrogens is 376 g/mol. The van der Waals surface area contributed by atoms with Crippen LogP contribution in [0.4, 0.5) is 14.6 Å². The Balaban J connectivity index is 1.45. The number of halogens is 2. The number of nitrogens with zero attached hydrogens (tertiary/aromatic N) is 4. The van der Waals surface area contributed by atoms with Gasteiger partial charge in [0.15, 0.2) is 0 Å². The van der Waals surface area contributed by atoms with E-state index in [1.54, 1.807) is 12.3 Å². The topological polar surface area (TPSA) is 85.1 Å². The zero-order valence-electron chi connectivity index (χ0n) is 15.7. The Morgan fingerprint density at radius 2 is 2.00 bits per heavy atom. The number of rotatable bonds is 4. The quantitative estimate of drug-likeness (QED) is 0.825. The first-order valence-electron chi connectivity index (χ1n) is 9.98. The summed E-state index contributed by atoms with van der Waals surface area (Å²) in [7, 11) is 0. The standard InChI is InChI=1S/C21H21F2N5O/c22-15-7-14(19(29)5-11(15)8-24)17-9-26-20(10-25-17)28(13-2-3-13)18-6-12-1-4-16(27-12)21(18)23/h5,7,9-10,12-13,16,18,21,27,29H,1-4,6H2/t12-,16+,18-,21+/m0/s1. The van der Waals surface area contributed by atoms with Crippen LogP contribution in [0.1, 0.15) is 37.7 Å². The minimum atomic E-state index is -0.951. The summed E-state index contributed by atoms with van der Waals surface area (Å²) < 4.78 is 29.1. The average Bonchev–Trinajstić information content (AvgIpc) is 3.48. The second-order valence-corrected chi connectivity index (χ2v) is 8.15. The van der Waals surface area contributed by atoms with Gasteiger partial charge in [0.1, 0.15) is 29.6 Å². The van der Waals surface area contributed by atoms with Crippen molar-refractivity contribution in [2.24, 2.45) is 0 Å². The van der Waals surface area contributed by atoms with Crippen molar-refractivity contribution in [1.82, 2.24) is 15.3 Å². The predicted molar refractivity (Wildman–Crippen MR) is 103 cm³/mol. The molecule has 2 N–H and O–H groups in total. The molecule has 4 atom stereocenters. The number of nitrogens with one attached hydrogen (secondary N) is 1. The van der Waals surface area contributed by atoms with E-state index in [4.69, 9.17) is 5.26 Å². The molecule has 1 aromatic carbocycles. The number of fused-ring (bicyclic) bond motifs is 2. The third-order valence-electron chi connectivity index (χ3n) is 6.24. The van der Waals surface area contributed by atoms with E-state index < -0.39 is 12.0 Å². The number of anilines is 1. The van der Waals surface area contributed by atoms with Crippen LogP contribution < -0.4 is 10.2 Å². The fraction of sp³-hybridized carbons (Fsp3) is 0.476. The number of piperidine rings is 1. The molecule has 2 aromatic rings. The number of hydrogen-bond acceptors (Lipinski definition) is 6. The first-order valence-corrected chi connectivity index (χ1v) is 9.98. The van der Waals surface area contributed by atoms with Crippen molar-refractivity contribution in [1.29, 1.82) is 5.26 Å². The van der Waals surface area contributed by atoms with Crippen LogP contribution in [0, 0.1) is 17.1 Å². The largest absolute Gasteiger partial charge is 0.507 e. The molecule has 8 heteroatoms. The lowest BCUT2D eigenvalue weighted by molar-refractivity contribution is 0.171. The highest BCUT2D eigenvalue weighted by Crippen LogP contribution is 2.40. The van der Waals surface area contributed by atoms with Crippen molar-refractivity contribution in [3.05, 3.63) is 35.9 Å². The summed E-state index contributed by atoms with van der Waals surface area (Å²) in [5.41, 5.74) is 0.236. The zero-order valence-corrected chi connectivity index (χ0v) is 15.7. The molecule has 1 aliphatic carbocycles. The zero-order chi connectivity index (χ0) is 20.1. The van der Waals surface area contributed by atoms with Crippen molar-refractivity contribution in [3.8, 4) is 23.1 Å². The molecule has 2 aliphatic heterocycles. The van der Waals surface area contributed by atoms with Crippen LogP contribution in [-0.2, 0) is 0 Å². The summed E-state index contributed by atoms with van der Waals surface area (Å²) in [5.74, 6) is -0.349. The van der Waals surface area contributed by atoms with Gasteiger partial charge >= 0.3 is 0 Å². The Hall–Kier alpha value is -2.79. The SMILES string of the molecule is N#Cc1cc(O)c(-c2cnc(N(C3CC3)[C@H]3C[C@@H]4CC[C@@H](N4)[C@H]3F)cn2)cc1F. The number of alkyl halides is 1. The second kappa shape index (κ2) is 6.92. The molecular formula is C21H21F2N5O. The molecule has 3 aliphatic rings. The second-order valence-electron chi connectivity index (χ2n) is 8.15. The molecule has 0 radical (unpaired) electrons. The Labute approximate surface area is 167 Å². The molecule has 29 heavy (non-hydrogen) atoms. The number of phenols is 1. The fourth-order valence-electron chi connectivity index (χ4n) is 4.67. The summed E-state index contributed by atoms with van der Waals surface area (Å²) in [6.45, 7) is 0. The first kappa shape index (κ1) is 18.3. The van der Waals surface area contributed by atoms with Gasteiger partial charge in [-0.25, -0.2) is 13.8 Å². The maximum absolute atomic E-state index is 15.1. The maximum Gasteiger partial charge on any atom is 0.147 e. The van der Waals surface area contributed by atoms with Crippen LogP contribution in [0.3, 0.4) is 0 Å². The van der Waals surface area contributed by atoms with E-state index in [2.05, 4.69) is 20.2 Å². The van der Waals surface area contributed by atoms with Gasteiger partial charge in [-0.2, -0.15) is 5.26 Å². The molecule has 2 saturated heterocycles. The monoisotopic (exact) mass is 397 g/mol. The number of nitriles is 1. The number of aromatic nitrogens is 2. The van der Waals surface area contributed by atoms with E-state index in [0.717, 1.165) is 44.2 Å². The molecule has 0 unspecified atom stereocenters. The molecule has 0 spiro atoms. The van der Waals surface area contributed by atoms with Gasteiger partial charge in [-0.15, -0.1) is 0 Å². The highest BCUT2D eigenvalue weighted by atomic mass is 19.1. The van der Waals surface area contributed by atoms with Crippen LogP contribution in [0.25, 0.3) is 11.3 Å². The van der Waals surface area contributed by atoms with E-state index in [-0.39, 0.29) is 35.0 Å². The van der Waals surface area contributed by atoms with E-state index in [0.29, 0.717) is 17.6 Å². The van der Waals surface area contributed by atoms with E-state index in [1.165, 1.54) is 6.20 Å². The van der Waals surface area contributed by atoms with Gasteiger partial charge in [-0.05, 0) is 38.2 Å². The van der Waals surface area contributed by atoms with Gasteiger partial charge < -0.3 is 15.3 Å². The van der Waals surface area contributed by atoms with Crippen molar-refractivity contribution >= 4 is 5.82 Å². The van der Waals surface area contributed by atoms with Crippen LogP contribution in [0.2, 0.25) is 0 Å². The van der Waals surface area contributed by atoms with Crippen molar-refractivity contribution in [3.63, 3.8) is 0 Å². The lowest BCUT2D eigenvalue weighted by atomic mass is 9.96. The first-order chi connectivity index (χ1) is 14.0. The van der Waals surface area contributed by atoms with Crippen molar-refractivity contribution in [2.45, 2.75) is 62.4 Å². The highest BCUT2D eigenvalue weighted by molar-refractivity contribution is 5.68. The van der Waals surface area contributed by atoms with Crippen LogP contribution >= 0.6 is 0 Å². The van der Waals surface area contributed by atoms with Crippen LogP contribution in [0.5, 0.6) is 5.75 Å². The maximum atomic E-state index is 15.1. The van der Waals surface area contributed by atoms with Gasteiger partial charge in [0.2, 0.25) is 0 Å². The molecule has 1 aromatic heterocycles. The lowest BCUT2D eigenvalue weighted by Crippen LogP contribution is -2.57. The molecule has 3 heterocycles. The minimum absolute atomic E-state index is 0.0918. The van der Waals surface area contributed by atoms with E-state index >= 15 is 4.39 Å². The number of aromatic hydroxyl groups is 1. The highest BCUT2D eigenvalue weighted by Gasteiger charge is 2.48. The van der Waals surface area contributed by atoms with Crippen LogP contribution in [0.15, 0.2) is 24.5 Å². The number of phenolic OH excluding ortho intramolecular Hbond substituents is 1. The van der Waals surface area contributed by atoms with Crippen molar-refractivity contribution in [2.75, 3.05) is 4.90 Å². The molecule has 2 bridgehead atoms. The lowest BCUT2D eigenvalue weighted by Gasteiger charge is -2.41. The minimum Gasteiger partial charge on any atom is -0.507 e. The average molecular weight is 397 g/mol. The van der Waals surface area contributed by atoms with Gasteiger partial charge in [-0.3, -0.25) is 4.98 Å². The van der Waals surface area contributed by atoms with Gasteiger partial charge in [0, 0.05) is 29.8 Å². The van der Waals surface area contributed by atoms with E-state index in [1.807, 2.05) is 0 Å². The Kier molecular flexibility index (Phi) is 4.36. The Bertz CT molecular complexity index is 972. The number of hydrogen-bond donors (Lipinski definition) is 2. The third kappa shape index (κ3) is 3.19. The predicted octanol–water partition coefficient (Wildman–Crippen LogP) is 3.06. The molecule has 5 rings (SSSR count). The van der Waals surface area contributed by atoms with E-state index in [9.17, 15) is 9.50 Å². The van der Waals surface area contributed by atoms with Gasteiger partial charge in [-0.1, -0.05) is 0 Å². The number of benzene rings is 1. The summed E-state index contributed by atoms with van der Waals surface area (Å²) in [6, 6.07) is 4.17. The summed E-state index contributed by atoms with van der Waals surface area (Å²) in [4.78, 5) is 10.9. The van der Waals surface area contributed by atoms with Crippen molar-refractivity contribution < 1.29 is 13.9 Å². The summed E-state index contributed by atoms with van der Waals surface area (Å²) >= 11 is 0. The van der Waals surface area contributed by atoms with Gasteiger partial charge in [0.25, 0.3) is 0 Å². The Morgan fingerprint density at radius 1 is 1.17 bits per heavy atom. The summed E-state index contributed by atoms with van der Waals surface area (Å²) in [5, 5.41) is 22.4. The molecule has 3 fully saturated rings. The smallest absolute Gasteiger partial charge is 0.147 e. The molecule has 150 valence electrons. The van der Waals surface area contributed by atoms with Crippen LogP contribution in [-0.4, -0.2) is 45.4 Å². The molecule has 6 nitrogen and oxygen atoms in total. The van der Waals surface area contributed by atoms with Gasteiger partial charge in [0.05, 0.1) is 29.7 Å². The fourth-order valence-corrected chi connectivity index (χ4v) is 4.67. The molecule has 1 saturated carbocycles. The molecule has 0 amide bonds. The summed E-state index contributed by atoms with van der Waals surface area (Å²) in [6.07, 6.45) is 6.73.